The largest absolute Gasteiger partial charge is 0.637 e. The Morgan fingerprint density at radius 3 is 0.587 bits per heavy atom. The van der Waals surface area contributed by atoms with Crippen LogP contribution in [0.15, 0.2) is 0 Å². The fourth-order valence-electron chi connectivity index (χ4n) is 36.1. The van der Waals surface area contributed by atoms with Gasteiger partial charge in [0.25, 0.3) is 0 Å². The van der Waals surface area contributed by atoms with Crippen molar-refractivity contribution in [2.75, 3.05) is 0 Å². The summed E-state index contributed by atoms with van der Waals surface area (Å²) in [6, 6.07) is 5.26. The molecule has 20 aliphatic rings. The third-order valence-electron chi connectivity index (χ3n) is 42.2. The molecule has 16 saturated carbocycles. The van der Waals surface area contributed by atoms with Gasteiger partial charge in [-0.15, -0.1) is 0 Å². The molecule has 20 fully saturated rings. The summed E-state index contributed by atoms with van der Waals surface area (Å²) in [6.45, 7) is 64.4. The quantitative estimate of drug-likeness (QED) is 0.0438. The summed E-state index contributed by atoms with van der Waals surface area (Å²) in [5, 5.41) is 0. The summed E-state index contributed by atoms with van der Waals surface area (Å²) >= 11 is 0. The lowest BCUT2D eigenvalue weighted by Crippen LogP contribution is -2.69. The van der Waals surface area contributed by atoms with E-state index in [1.54, 1.807) is 0 Å². The van der Waals surface area contributed by atoms with Gasteiger partial charge in [-0.05, 0) is 524 Å². The molecular weight excluding hydrogens is 1710 g/mol. The van der Waals surface area contributed by atoms with Gasteiger partial charge in [0.2, 0.25) is 0 Å². The smallest absolute Gasteiger partial charge is 0.455 e. The first-order chi connectivity index (χ1) is 56.5. The summed E-state index contributed by atoms with van der Waals surface area (Å²) in [5.74, 6) is 16.1. The average Bonchev–Trinajstić information content (AvgIpc) is 1.57. The van der Waals surface area contributed by atoms with E-state index in [2.05, 4.69) is 157 Å². The van der Waals surface area contributed by atoms with Crippen LogP contribution in [0.2, 0.25) is 226 Å². The molecule has 4 aliphatic heterocycles. The molecule has 8 bridgehead atoms. The van der Waals surface area contributed by atoms with Crippen molar-refractivity contribution in [1.82, 2.24) is 0 Å². The normalized spacial score (nSPS) is 46.2. The second kappa shape index (κ2) is 32.2. The number of epoxide rings is 4. The highest BCUT2D eigenvalue weighted by molar-refractivity contribution is 6.94. The van der Waals surface area contributed by atoms with Crippen molar-refractivity contribution >= 4 is 109 Å². The van der Waals surface area contributed by atoms with Crippen molar-refractivity contribution < 1.29 is 51.9 Å². The highest BCUT2D eigenvalue weighted by atomic mass is 28.5. The lowest BCUT2D eigenvalue weighted by molar-refractivity contribution is 0.123. The molecule has 0 radical (unpaired) electrons. The molecule has 0 aromatic heterocycles. The van der Waals surface area contributed by atoms with E-state index in [1.807, 2.05) is 0 Å². The fraction of sp³-hybridized carbons (Fsp3) is 1.00. The van der Waals surface area contributed by atoms with Crippen LogP contribution in [0.25, 0.3) is 0 Å². The zero-order valence-corrected chi connectivity index (χ0v) is 94.6. The third kappa shape index (κ3) is 18.4. The van der Waals surface area contributed by atoms with Gasteiger partial charge in [0, 0.05) is 0 Å². The third-order valence-corrected chi connectivity index (χ3v) is 97.3. The van der Waals surface area contributed by atoms with Gasteiger partial charge in [0.15, 0.2) is 99.8 Å². The van der Waals surface area contributed by atoms with Gasteiger partial charge in [0.1, 0.15) is 0 Å². The maximum absolute atomic E-state index is 9.12. The predicted octanol–water partition coefficient (Wildman–Crippen LogP) is 27.1. The number of ether oxygens (including phenoxy) is 4. The minimum absolute atomic E-state index is 0.571. The summed E-state index contributed by atoms with van der Waals surface area (Å²) in [4.78, 5) is 0. The van der Waals surface area contributed by atoms with Crippen LogP contribution in [0.1, 0.15) is 205 Å². The molecule has 0 N–H and O–H groups in total. The molecule has 25 heteroatoms. The van der Waals surface area contributed by atoms with Crippen molar-refractivity contribution in [1.29, 1.82) is 0 Å². The van der Waals surface area contributed by atoms with Gasteiger partial charge in [-0.1, -0.05) is 25.7 Å². The zero-order valence-electron chi connectivity index (χ0n) is 81.6. The van der Waals surface area contributed by atoms with Crippen molar-refractivity contribution in [3.63, 3.8) is 0 Å². The molecule has 121 heavy (non-hydrogen) atoms. The van der Waals surface area contributed by atoms with Gasteiger partial charge in [0.05, 0.1) is 48.8 Å². The van der Waals surface area contributed by atoms with Crippen molar-refractivity contribution in [3.8, 4) is 0 Å². The molecule has 36 atom stereocenters. The number of hydrogen-bond acceptors (Lipinski definition) is 12. The Balaban J connectivity index is 0.590. The SMILES string of the molecule is C[Si](C)(CCC1CCC2OC2C1)O[Si](C)(C)C1CC2C3CC(C2C1)C([Si](C)(C)O[Si](O[Si](C)(C)C1CC2CC1C1CC([Si](C)(C)O[Si](C)(C)CCC4CCC5OC5C4)CC21)(O[Si](C)(C)C1CC2CC1C1CC([Si](C)(C)O[Si](C)(C)CCC4CCC5OC5C4)CC21)O[Si](C)(C)C1CC2CC1C1CC([Si](C)(C)O[Si](C)(C)CCC4CCC5OC5C4)CC21)C3. The summed E-state index contributed by atoms with van der Waals surface area (Å²) < 4.78 is 92.0. The second-order valence-electron chi connectivity index (χ2n) is 54.9. The first-order valence-corrected chi connectivity index (χ1v) is 90.7. The van der Waals surface area contributed by atoms with E-state index in [1.165, 1.54) is 230 Å². The molecule has 0 spiro atoms. The maximum Gasteiger partial charge on any atom is 0.637 e. The Labute approximate surface area is 753 Å². The van der Waals surface area contributed by atoms with E-state index in [0.29, 0.717) is 71.0 Å². The van der Waals surface area contributed by atoms with Crippen LogP contribution in [0.5, 0.6) is 0 Å². The monoisotopic (exact) mass is 1890 g/mol. The van der Waals surface area contributed by atoms with E-state index >= 15 is 0 Å². The van der Waals surface area contributed by atoms with Crippen LogP contribution in [0.3, 0.4) is 0 Å². The Bertz CT molecular complexity index is 3280. The van der Waals surface area contributed by atoms with Gasteiger partial charge < -0.3 is 51.9 Å². The highest BCUT2D eigenvalue weighted by Crippen LogP contribution is 2.74. The molecule has 0 aromatic rings. The lowest BCUT2D eigenvalue weighted by atomic mass is 9.81. The van der Waals surface area contributed by atoms with Crippen LogP contribution < -0.4 is 0 Å². The van der Waals surface area contributed by atoms with Crippen LogP contribution >= 0.6 is 0 Å². The fourth-order valence-corrected chi connectivity index (χ4v) is 99.4. The van der Waals surface area contributed by atoms with Gasteiger partial charge in [-0.25, -0.2) is 0 Å². The number of hydrogen-bond donors (Lipinski definition) is 0. The van der Waals surface area contributed by atoms with Crippen LogP contribution in [0.4, 0.5) is 0 Å². The Morgan fingerprint density at radius 1 is 0.190 bits per heavy atom. The van der Waals surface area contributed by atoms with Gasteiger partial charge >= 0.3 is 9.05 Å². The molecule has 12 nitrogen and oxygen atoms in total. The Hall–Kier alpha value is 2.34. The van der Waals surface area contributed by atoms with Crippen molar-refractivity contribution in [2.45, 2.75) is 480 Å². The maximum atomic E-state index is 9.12. The highest BCUT2D eigenvalue weighted by Gasteiger charge is 2.73. The minimum atomic E-state index is -4.04. The number of fused-ring (bicyclic) bond motifs is 24. The molecule has 16 aliphatic carbocycles. The number of rotatable bonds is 36. The molecule has 688 valence electrons. The van der Waals surface area contributed by atoms with Gasteiger partial charge in [-0.3, -0.25) is 0 Å². The van der Waals surface area contributed by atoms with Gasteiger partial charge in [-0.2, -0.15) is 0 Å². The van der Waals surface area contributed by atoms with E-state index in [-0.39, 0.29) is 0 Å². The van der Waals surface area contributed by atoms with E-state index in [4.69, 9.17) is 51.9 Å². The average molecular weight is 1890 g/mol. The van der Waals surface area contributed by atoms with Crippen LogP contribution in [-0.4, -0.2) is 158 Å². The first kappa shape index (κ1) is 91.1. The molecular formula is C96H180O12Si13. The topological polar surface area (TPSA) is 124 Å². The molecule has 36 unspecified atom stereocenters. The van der Waals surface area contributed by atoms with Crippen molar-refractivity contribution in [2.24, 2.45) is 118 Å². The predicted molar refractivity (Wildman–Crippen MR) is 526 cm³/mol. The summed E-state index contributed by atoms with van der Waals surface area (Å²) in [7, 11) is -30.3. The molecule has 4 heterocycles. The van der Waals surface area contributed by atoms with Crippen LogP contribution in [0, 0.1) is 118 Å². The lowest BCUT2D eigenvalue weighted by Gasteiger charge is -2.53. The van der Waals surface area contributed by atoms with E-state index < -0.39 is 109 Å². The van der Waals surface area contributed by atoms with E-state index in [9.17, 15) is 0 Å². The summed E-state index contributed by atoms with van der Waals surface area (Å²) in [5.41, 5.74) is 5.40. The van der Waals surface area contributed by atoms with Crippen molar-refractivity contribution in [3.05, 3.63) is 0 Å². The standard InChI is InChI=1S/C96H180O12Si13/c1-109(2,37-33-61-25-29-85-89(41-61)97-85)101-113(9,10)69-53-73-65-45-81(77(73)57-69)93(49-65)117(17,18)105-121(106-118(19,20)94-50-66-46-82(94)78-58-70(54-74(66)78)114(11,12)102-110(3,4)38-34-62-26-30-86-90(42-62)98-86,107-119(21,22)95-51-67-47-83(95)79-59-71(55-75(67)79)115(13,14)103-111(5,6)39-35-63-27-31-87-91(43-63)99-87)108-120(23,24)96-52-68-48-84(96)80-60-72(56-76(68)80)116(15,16)104-112(7,8)40-36-64-28-32-88-92(44-64)100-88/h61-96H,25-60H2,1-24H3. The summed E-state index contributed by atoms with van der Waals surface area (Å²) in [6.07, 6.45) is 48.2. The first-order valence-electron chi connectivity index (χ1n) is 52.8. The molecule has 0 aromatic carbocycles. The Kier molecular flexibility index (Phi) is 24.3. The zero-order chi connectivity index (χ0) is 85.2. The van der Waals surface area contributed by atoms with E-state index in [0.717, 1.165) is 141 Å². The molecule has 0 amide bonds. The molecule has 4 saturated heterocycles. The Morgan fingerprint density at radius 2 is 0.388 bits per heavy atom. The second-order valence-corrected chi connectivity index (χ2v) is 110. The van der Waals surface area contributed by atoms with Crippen LogP contribution in [-0.2, 0) is 51.9 Å². The molecule has 20 rings (SSSR count). The minimum Gasteiger partial charge on any atom is -0.455 e.